The van der Waals surface area contributed by atoms with Gasteiger partial charge in [0, 0.05) is 25.0 Å². The molecule has 2 rings (SSSR count). The van der Waals surface area contributed by atoms with Crippen molar-refractivity contribution in [1.29, 1.82) is 0 Å². The van der Waals surface area contributed by atoms with Gasteiger partial charge in [0.25, 0.3) is 0 Å². The normalized spacial score (nSPS) is 11.6. The van der Waals surface area contributed by atoms with E-state index in [2.05, 4.69) is 5.32 Å². The fourth-order valence-electron chi connectivity index (χ4n) is 2.55. The number of nitrogens with zero attached hydrogens (tertiary/aromatic N) is 1. The third-order valence-electron chi connectivity index (χ3n) is 3.70. The van der Waals surface area contributed by atoms with Crippen LogP contribution in [0.25, 0.3) is 0 Å². The van der Waals surface area contributed by atoms with Crippen molar-refractivity contribution in [2.24, 2.45) is 0 Å². The van der Waals surface area contributed by atoms with Gasteiger partial charge in [-0.05, 0) is 30.2 Å². The van der Waals surface area contributed by atoms with Crippen molar-refractivity contribution >= 4 is 23.4 Å². The van der Waals surface area contributed by atoms with Crippen molar-refractivity contribution < 1.29 is 9.59 Å². The molecule has 0 saturated heterocycles. The predicted molar refractivity (Wildman–Crippen MR) is 95.5 cm³/mol. The van der Waals surface area contributed by atoms with Crippen LogP contribution in [0.15, 0.2) is 54.6 Å². The molecule has 2 amide bonds. The highest BCUT2D eigenvalue weighted by atomic mass is 35.5. The fraction of sp³-hybridized carbons (Fsp3) is 0.263. The summed E-state index contributed by atoms with van der Waals surface area (Å²) in [6.45, 7) is 4.18. The van der Waals surface area contributed by atoms with Gasteiger partial charge in [-0.3, -0.25) is 9.59 Å². The molecule has 0 radical (unpaired) electrons. The van der Waals surface area contributed by atoms with Crippen molar-refractivity contribution in [1.82, 2.24) is 10.2 Å². The molecule has 0 unspecified atom stereocenters. The molecular formula is C19H21ClN2O2. The summed E-state index contributed by atoms with van der Waals surface area (Å²) in [7, 11) is 0. The molecule has 0 heterocycles. The number of carbonyl (C=O) groups excluding carboxylic acids is 2. The van der Waals surface area contributed by atoms with Crippen LogP contribution in [-0.4, -0.2) is 23.3 Å². The van der Waals surface area contributed by atoms with E-state index in [4.69, 9.17) is 11.6 Å². The van der Waals surface area contributed by atoms with Crippen LogP contribution in [0.4, 0.5) is 0 Å². The van der Waals surface area contributed by atoms with Crippen molar-refractivity contribution in [3.63, 3.8) is 0 Å². The second-order valence-corrected chi connectivity index (χ2v) is 5.92. The Kier molecular flexibility index (Phi) is 6.38. The van der Waals surface area contributed by atoms with E-state index in [0.29, 0.717) is 18.1 Å². The Balaban J connectivity index is 2.36. The van der Waals surface area contributed by atoms with Crippen LogP contribution in [-0.2, 0) is 16.1 Å². The van der Waals surface area contributed by atoms with E-state index in [0.717, 1.165) is 11.1 Å². The summed E-state index contributed by atoms with van der Waals surface area (Å²) in [5, 5.41) is 3.46. The summed E-state index contributed by atoms with van der Waals surface area (Å²) in [5.74, 6) is -0.349. The van der Waals surface area contributed by atoms with Gasteiger partial charge in [0.05, 0.1) is 0 Å². The largest absolute Gasteiger partial charge is 0.354 e. The van der Waals surface area contributed by atoms with Crippen LogP contribution < -0.4 is 5.32 Å². The monoisotopic (exact) mass is 344 g/mol. The SMILES string of the molecule is CCNC(=O)[C@@H](c1ccccc1)N(Cc1ccc(Cl)cc1)C(C)=O. The first-order valence-corrected chi connectivity index (χ1v) is 8.25. The molecule has 126 valence electrons. The molecule has 0 saturated carbocycles. The van der Waals surface area contributed by atoms with Gasteiger partial charge in [-0.15, -0.1) is 0 Å². The Bertz CT molecular complexity index is 686. The standard InChI is InChI=1S/C19H21ClN2O2/c1-3-21-19(24)18(16-7-5-4-6-8-16)22(14(2)23)13-15-9-11-17(20)12-10-15/h4-12,18H,3,13H2,1-2H3,(H,21,24)/t18-/m1/s1. The summed E-state index contributed by atoms with van der Waals surface area (Å²) in [6.07, 6.45) is 0. The second kappa shape index (κ2) is 8.50. The molecule has 0 spiro atoms. The minimum atomic E-state index is -0.667. The maximum absolute atomic E-state index is 12.6. The van der Waals surface area contributed by atoms with E-state index in [1.807, 2.05) is 49.4 Å². The average molecular weight is 345 g/mol. The van der Waals surface area contributed by atoms with Crippen molar-refractivity contribution in [2.75, 3.05) is 6.54 Å². The van der Waals surface area contributed by atoms with E-state index in [9.17, 15) is 9.59 Å². The zero-order valence-electron chi connectivity index (χ0n) is 13.8. The van der Waals surface area contributed by atoms with Crippen LogP contribution >= 0.6 is 11.6 Å². The third kappa shape index (κ3) is 4.59. The van der Waals surface area contributed by atoms with Gasteiger partial charge < -0.3 is 10.2 Å². The highest BCUT2D eigenvalue weighted by Crippen LogP contribution is 2.24. The molecule has 1 N–H and O–H groups in total. The minimum Gasteiger partial charge on any atom is -0.354 e. The number of benzene rings is 2. The number of carbonyl (C=O) groups is 2. The van der Waals surface area contributed by atoms with Crippen molar-refractivity contribution in [3.8, 4) is 0 Å². The van der Waals surface area contributed by atoms with E-state index in [1.54, 1.807) is 17.0 Å². The number of hydrogen-bond acceptors (Lipinski definition) is 2. The van der Waals surface area contributed by atoms with Gasteiger partial charge in [-0.25, -0.2) is 0 Å². The Morgan fingerprint density at radius 1 is 1.08 bits per heavy atom. The molecule has 0 aromatic heterocycles. The zero-order valence-corrected chi connectivity index (χ0v) is 14.6. The lowest BCUT2D eigenvalue weighted by molar-refractivity contribution is -0.140. The molecule has 0 aliphatic carbocycles. The molecule has 0 aliphatic heterocycles. The lowest BCUT2D eigenvalue weighted by Gasteiger charge is -2.30. The van der Waals surface area contributed by atoms with Gasteiger partial charge in [0.2, 0.25) is 11.8 Å². The summed E-state index contributed by atoms with van der Waals surface area (Å²) in [6, 6.07) is 15.9. The first-order valence-electron chi connectivity index (χ1n) is 7.87. The number of halogens is 1. The van der Waals surface area contributed by atoms with Gasteiger partial charge in [-0.1, -0.05) is 54.1 Å². The Morgan fingerprint density at radius 2 is 1.71 bits per heavy atom. The maximum Gasteiger partial charge on any atom is 0.247 e. The Labute approximate surface area is 147 Å². The molecule has 24 heavy (non-hydrogen) atoms. The number of rotatable bonds is 6. The van der Waals surface area contributed by atoms with Crippen LogP contribution in [0, 0.1) is 0 Å². The van der Waals surface area contributed by atoms with Crippen LogP contribution in [0.1, 0.15) is 31.0 Å². The molecule has 0 aliphatic rings. The first kappa shape index (κ1) is 18.0. The average Bonchev–Trinajstić information content (AvgIpc) is 2.57. The predicted octanol–water partition coefficient (Wildman–Crippen LogP) is 3.57. The van der Waals surface area contributed by atoms with E-state index in [-0.39, 0.29) is 11.8 Å². The summed E-state index contributed by atoms with van der Waals surface area (Å²) in [4.78, 5) is 26.4. The molecule has 1 atom stereocenters. The smallest absolute Gasteiger partial charge is 0.247 e. The molecular weight excluding hydrogens is 324 g/mol. The highest BCUT2D eigenvalue weighted by Gasteiger charge is 2.29. The zero-order chi connectivity index (χ0) is 17.5. The minimum absolute atomic E-state index is 0.162. The summed E-state index contributed by atoms with van der Waals surface area (Å²) >= 11 is 5.92. The highest BCUT2D eigenvalue weighted by molar-refractivity contribution is 6.30. The molecule has 4 nitrogen and oxygen atoms in total. The lowest BCUT2D eigenvalue weighted by Crippen LogP contribution is -2.42. The lowest BCUT2D eigenvalue weighted by atomic mass is 10.0. The molecule has 0 bridgehead atoms. The fourth-order valence-corrected chi connectivity index (χ4v) is 2.68. The van der Waals surface area contributed by atoms with Gasteiger partial charge >= 0.3 is 0 Å². The number of likely N-dealkylation sites (N-methyl/N-ethyl adjacent to an activating group) is 1. The summed E-state index contributed by atoms with van der Waals surface area (Å²) < 4.78 is 0. The number of amides is 2. The van der Waals surface area contributed by atoms with Crippen LogP contribution in [0.5, 0.6) is 0 Å². The maximum atomic E-state index is 12.6. The summed E-state index contributed by atoms with van der Waals surface area (Å²) in [5.41, 5.74) is 1.70. The number of nitrogens with one attached hydrogen (secondary N) is 1. The molecule has 0 fully saturated rings. The topological polar surface area (TPSA) is 49.4 Å². The molecule has 2 aromatic carbocycles. The van der Waals surface area contributed by atoms with E-state index < -0.39 is 6.04 Å². The van der Waals surface area contributed by atoms with Gasteiger partial charge in [0.1, 0.15) is 6.04 Å². The third-order valence-corrected chi connectivity index (χ3v) is 3.95. The van der Waals surface area contributed by atoms with Gasteiger partial charge in [0.15, 0.2) is 0 Å². The first-order chi connectivity index (χ1) is 11.5. The van der Waals surface area contributed by atoms with Crippen LogP contribution in [0.3, 0.4) is 0 Å². The van der Waals surface area contributed by atoms with Crippen molar-refractivity contribution in [3.05, 3.63) is 70.7 Å². The number of hydrogen-bond donors (Lipinski definition) is 1. The Hall–Kier alpha value is -2.33. The van der Waals surface area contributed by atoms with Gasteiger partial charge in [-0.2, -0.15) is 0 Å². The van der Waals surface area contributed by atoms with E-state index >= 15 is 0 Å². The molecule has 5 heteroatoms. The quantitative estimate of drug-likeness (QED) is 0.871. The molecule has 2 aromatic rings. The second-order valence-electron chi connectivity index (χ2n) is 5.48. The Morgan fingerprint density at radius 3 is 2.25 bits per heavy atom. The van der Waals surface area contributed by atoms with E-state index in [1.165, 1.54) is 6.92 Å². The van der Waals surface area contributed by atoms with Crippen LogP contribution in [0.2, 0.25) is 5.02 Å². The van der Waals surface area contributed by atoms with Crippen molar-refractivity contribution in [2.45, 2.75) is 26.4 Å².